The molecule has 3 aromatic carbocycles. The maximum atomic E-state index is 16.2. The second-order valence-corrected chi connectivity index (χ2v) is 13.0. The molecule has 10 heteroatoms. The molecule has 1 aliphatic carbocycles. The van der Waals surface area contributed by atoms with Gasteiger partial charge in [-0.25, -0.2) is 9.37 Å². The van der Waals surface area contributed by atoms with Gasteiger partial charge in [-0.1, -0.05) is 54.9 Å². The summed E-state index contributed by atoms with van der Waals surface area (Å²) in [5.74, 6) is -0.618. The zero-order chi connectivity index (χ0) is 29.6. The fraction of sp³-hybridized carbons (Fsp3) is 0.382. The maximum Gasteiger partial charge on any atom is 0.309 e. The smallest absolute Gasteiger partial charge is 0.309 e. The van der Waals surface area contributed by atoms with Gasteiger partial charge in [-0.3, -0.25) is 14.5 Å². The number of esters is 1. The van der Waals surface area contributed by atoms with Crippen LogP contribution in [0.4, 0.5) is 10.1 Å². The number of amides is 1. The zero-order valence-electron chi connectivity index (χ0n) is 23.4. The highest BCUT2D eigenvalue weighted by atomic mass is 35.5. The van der Waals surface area contributed by atoms with Crippen molar-refractivity contribution in [3.63, 3.8) is 0 Å². The highest BCUT2D eigenvalue weighted by Gasteiger charge is 2.69. The van der Waals surface area contributed by atoms with E-state index in [0.717, 1.165) is 53.8 Å². The molecule has 2 fully saturated rings. The molecule has 4 heterocycles. The molecule has 1 saturated carbocycles. The van der Waals surface area contributed by atoms with E-state index < -0.39 is 17.3 Å². The molecule has 0 unspecified atom stereocenters. The van der Waals surface area contributed by atoms with Gasteiger partial charge in [0.25, 0.3) is 0 Å². The second-order valence-electron chi connectivity index (χ2n) is 12.2. The number of methoxy groups -OCH3 is 1. The molecule has 1 amide bonds. The third-order valence-corrected chi connectivity index (χ3v) is 10.4. The van der Waals surface area contributed by atoms with Crippen molar-refractivity contribution < 1.29 is 18.7 Å². The van der Waals surface area contributed by atoms with Gasteiger partial charge >= 0.3 is 5.97 Å². The number of aromatic nitrogens is 2. The van der Waals surface area contributed by atoms with Crippen LogP contribution in [0.15, 0.2) is 54.6 Å². The lowest BCUT2D eigenvalue weighted by atomic mass is 9.70. The first kappa shape index (κ1) is 29.3. The number of ether oxygens (including phenoxy) is 1. The third kappa shape index (κ3) is 4.14. The number of carbonyl (C=O) groups excluding carboxylic acids is 2. The maximum absolute atomic E-state index is 16.2. The molecule has 4 aromatic rings. The summed E-state index contributed by atoms with van der Waals surface area (Å²) in [7, 11) is 1.38. The molecule has 1 spiro atoms. The lowest BCUT2D eigenvalue weighted by Crippen LogP contribution is -2.53. The van der Waals surface area contributed by atoms with E-state index in [0.29, 0.717) is 28.7 Å². The summed E-state index contributed by atoms with van der Waals surface area (Å²) in [5.41, 5.74) is 3.22. The minimum atomic E-state index is -1.17. The summed E-state index contributed by atoms with van der Waals surface area (Å²) < 4.78 is 23.3. The van der Waals surface area contributed by atoms with Crippen LogP contribution in [0.25, 0.3) is 11.0 Å². The minimum Gasteiger partial charge on any atom is -0.469 e. The van der Waals surface area contributed by atoms with Gasteiger partial charge in [0.15, 0.2) is 0 Å². The van der Waals surface area contributed by atoms with E-state index in [-0.39, 0.29) is 42.7 Å². The predicted octanol–water partition coefficient (Wildman–Crippen LogP) is 7.05. The number of nitrogens with zero attached hydrogens (tertiary/aromatic N) is 3. The fourth-order valence-corrected chi connectivity index (χ4v) is 8.34. The largest absolute Gasteiger partial charge is 0.469 e. The fourth-order valence-electron chi connectivity index (χ4n) is 7.99. The predicted molar refractivity (Wildman–Crippen MR) is 169 cm³/mol. The Morgan fingerprint density at radius 1 is 1.14 bits per heavy atom. The van der Waals surface area contributed by atoms with Crippen LogP contribution < -0.4 is 5.32 Å². The van der Waals surface area contributed by atoms with Gasteiger partial charge in [0, 0.05) is 47.2 Å². The van der Waals surface area contributed by atoms with Gasteiger partial charge in [-0.15, -0.1) is 0 Å². The van der Waals surface area contributed by atoms with Gasteiger partial charge < -0.3 is 14.6 Å². The Morgan fingerprint density at radius 2 is 1.95 bits per heavy atom. The molecule has 1 saturated heterocycles. The first-order valence-corrected chi connectivity index (χ1v) is 15.4. The molecule has 1 aromatic heterocycles. The molecular formula is C34H33Cl2FN4O3. The summed E-state index contributed by atoms with van der Waals surface area (Å²) in [6.07, 6.45) is 3.14. The third-order valence-electron chi connectivity index (χ3n) is 9.90. The highest BCUT2D eigenvalue weighted by molar-refractivity contribution is 6.31. The number of carbonyl (C=O) groups is 2. The number of benzene rings is 3. The molecule has 3 aliphatic heterocycles. The standard InChI is InChI=1S/C33H29Cl2FN4O3.CH4/c1-43-27(41)14-18-7-10-25-24(13-18)37-31-28-26(11-12-39(25)31)40(16-17-5-6-17)33(29(28)20-3-2-4-22(35)30(20)36)21-9-8-19(34)15-23(21)38-32(33)42;/h2-4,7-10,13,15,17,26,28-29H,5-6,11-12,14,16H2,1H3,(H,38,42);1H4/t26-,28+,29-,33+;/m0./s1. The van der Waals surface area contributed by atoms with Crippen LogP contribution in [0.2, 0.25) is 10.0 Å². The summed E-state index contributed by atoms with van der Waals surface area (Å²) in [6.45, 7) is 1.44. The van der Waals surface area contributed by atoms with Gasteiger partial charge in [-0.2, -0.15) is 0 Å². The van der Waals surface area contributed by atoms with Crippen LogP contribution in [-0.2, 0) is 32.8 Å². The summed E-state index contributed by atoms with van der Waals surface area (Å²) in [5, 5.41) is 3.68. The van der Waals surface area contributed by atoms with E-state index in [4.69, 9.17) is 32.9 Å². The number of nitrogens with one attached hydrogen (secondary N) is 1. The van der Waals surface area contributed by atoms with Gasteiger partial charge in [-0.05, 0) is 66.6 Å². The van der Waals surface area contributed by atoms with Gasteiger partial charge in [0.05, 0.1) is 29.6 Å². The van der Waals surface area contributed by atoms with E-state index >= 15 is 4.39 Å². The van der Waals surface area contributed by atoms with Crippen molar-refractivity contribution in [3.8, 4) is 0 Å². The Balaban J connectivity index is 0.00000312. The van der Waals surface area contributed by atoms with Crippen LogP contribution in [0.5, 0.6) is 0 Å². The molecule has 4 aliphatic rings. The van der Waals surface area contributed by atoms with E-state index in [1.54, 1.807) is 24.3 Å². The number of rotatable bonds is 5. The molecule has 44 heavy (non-hydrogen) atoms. The van der Waals surface area contributed by atoms with E-state index in [2.05, 4.69) is 14.8 Å². The lowest BCUT2D eigenvalue weighted by molar-refractivity contribution is -0.139. The Labute approximate surface area is 265 Å². The Morgan fingerprint density at radius 3 is 2.73 bits per heavy atom. The monoisotopic (exact) mass is 634 g/mol. The average molecular weight is 636 g/mol. The van der Waals surface area contributed by atoms with E-state index in [1.165, 1.54) is 7.11 Å². The Hall–Kier alpha value is -3.46. The van der Waals surface area contributed by atoms with Crippen LogP contribution in [0.3, 0.4) is 0 Å². The second kappa shape index (κ2) is 10.6. The Kier molecular flexibility index (Phi) is 7.03. The minimum absolute atomic E-state index is 0. The van der Waals surface area contributed by atoms with E-state index in [9.17, 15) is 9.59 Å². The van der Waals surface area contributed by atoms with Crippen molar-refractivity contribution in [2.75, 3.05) is 19.0 Å². The van der Waals surface area contributed by atoms with Crippen molar-refractivity contribution in [1.82, 2.24) is 14.5 Å². The van der Waals surface area contributed by atoms with Crippen molar-refractivity contribution in [1.29, 1.82) is 0 Å². The summed E-state index contributed by atoms with van der Waals surface area (Å²) in [4.78, 5) is 34.1. The van der Waals surface area contributed by atoms with Crippen molar-refractivity contribution in [2.45, 2.75) is 63.1 Å². The molecule has 4 atom stereocenters. The number of halogens is 3. The zero-order valence-corrected chi connectivity index (χ0v) is 25.0. The molecule has 0 bridgehead atoms. The van der Waals surface area contributed by atoms with Crippen LogP contribution >= 0.6 is 23.2 Å². The van der Waals surface area contributed by atoms with Crippen LogP contribution in [0.1, 0.15) is 61.0 Å². The molecule has 7 nitrogen and oxygen atoms in total. The molecule has 228 valence electrons. The number of fused-ring (bicyclic) bond motifs is 7. The summed E-state index contributed by atoms with van der Waals surface area (Å²) in [6, 6.07) is 16.4. The highest BCUT2D eigenvalue weighted by Crippen LogP contribution is 2.64. The van der Waals surface area contributed by atoms with E-state index in [1.807, 2.05) is 30.3 Å². The lowest BCUT2D eigenvalue weighted by Gasteiger charge is -2.40. The molecule has 0 radical (unpaired) electrons. The summed E-state index contributed by atoms with van der Waals surface area (Å²) >= 11 is 12.8. The van der Waals surface area contributed by atoms with Gasteiger partial charge in [0.1, 0.15) is 17.2 Å². The molecular weight excluding hydrogens is 602 g/mol. The van der Waals surface area contributed by atoms with Gasteiger partial charge in [0.2, 0.25) is 5.91 Å². The number of anilines is 1. The van der Waals surface area contributed by atoms with Crippen LogP contribution in [-0.4, -0.2) is 46.0 Å². The van der Waals surface area contributed by atoms with Crippen LogP contribution in [0, 0.1) is 11.7 Å². The quantitative estimate of drug-likeness (QED) is 0.238. The normalized spacial score (nSPS) is 25.4. The van der Waals surface area contributed by atoms with Crippen molar-refractivity contribution >= 4 is 51.8 Å². The Bertz CT molecular complexity index is 1840. The number of hydrogen-bond donors (Lipinski definition) is 1. The average Bonchev–Trinajstić information content (AvgIpc) is 3.58. The first-order valence-electron chi connectivity index (χ1n) is 14.7. The van der Waals surface area contributed by atoms with Crippen molar-refractivity contribution in [2.24, 2.45) is 5.92 Å². The molecule has 1 N–H and O–H groups in total. The SMILES string of the molecule is C.COC(=O)Cc1ccc2c(c1)nc1n2CC[C@H]2[C@@H]1[C@H](c1cccc(Cl)c1F)[C@]1(C(=O)Nc3cc(Cl)ccc31)N2CC1CC1. The molecule has 8 rings (SSSR count). The number of imidazole rings is 1. The van der Waals surface area contributed by atoms with Crippen molar-refractivity contribution in [3.05, 3.63) is 93.0 Å². The number of likely N-dealkylation sites (tertiary alicyclic amines) is 1. The topological polar surface area (TPSA) is 76.5 Å². The first-order chi connectivity index (χ1) is 20.8. The number of hydrogen-bond acceptors (Lipinski definition) is 5. The number of aryl methyl sites for hydroxylation is 1.